The molecule has 0 spiro atoms. The molecule has 6 aliphatic rings. The molecule has 0 radical (unpaired) electrons. The molecule has 6 amide bonds. The number of amides is 6. The lowest BCUT2D eigenvalue weighted by Gasteiger charge is -2.35. The van der Waals surface area contributed by atoms with Crippen LogP contribution >= 0.6 is 0 Å². The summed E-state index contributed by atoms with van der Waals surface area (Å²) in [5.74, 6) is -1.44. The Morgan fingerprint density at radius 3 is 2.51 bits per heavy atom. The van der Waals surface area contributed by atoms with E-state index in [-0.39, 0.29) is 107 Å². The van der Waals surface area contributed by atoms with Gasteiger partial charge >= 0.3 is 12.1 Å². The molecule has 5 atom stereocenters. The molecule has 19 nitrogen and oxygen atoms in total. The standard InChI is InChI=1S/C57H58F2N10O9/c1-3-38-43(58)15-10-32-21-37(70)23-41(47(32)38)49-48(59)50-42(25-61-49)51(67-27-34-11-12-35(28-67)62-34)66-55(65-50)78-30-57-19-18-36(68(57)26-31(2)24-57)29-77-56(76)60-20-8-6-4-5-7-9-45(71)63-33-13-14-39-40(22-33)54(75)69(53(39)74)44-16-17-46(72)64-52(44)73/h1,10,13-15,21-23,25,34-36,44,62,70H,2,4-9,11-12,16-20,24,26-30H2,(H,60,76)(H,63,71)(H,64,72,73). The van der Waals surface area contributed by atoms with E-state index in [2.05, 4.69) is 53.5 Å². The van der Waals surface area contributed by atoms with E-state index < -0.39 is 52.9 Å². The summed E-state index contributed by atoms with van der Waals surface area (Å²) in [6, 6.07) is 9.10. The van der Waals surface area contributed by atoms with Crippen LogP contribution in [0.4, 0.5) is 25.1 Å². The van der Waals surface area contributed by atoms with E-state index in [1.54, 1.807) is 0 Å². The maximum Gasteiger partial charge on any atom is 0.407 e. The molecule has 2 bridgehead atoms. The van der Waals surface area contributed by atoms with Crippen LogP contribution in [0.25, 0.3) is 32.9 Å². The van der Waals surface area contributed by atoms with E-state index >= 15 is 8.78 Å². The number of piperazine rings is 1. The van der Waals surface area contributed by atoms with Gasteiger partial charge < -0.3 is 35.4 Å². The Hall–Kier alpha value is -8.09. The molecule has 404 valence electrons. The van der Waals surface area contributed by atoms with Gasteiger partial charge in [-0.2, -0.15) is 9.97 Å². The molecular weight excluding hydrogens is 1010 g/mol. The topological polar surface area (TPSA) is 238 Å². The molecule has 0 aliphatic carbocycles. The van der Waals surface area contributed by atoms with Gasteiger partial charge in [-0.05, 0) is 93.2 Å². The summed E-state index contributed by atoms with van der Waals surface area (Å²) in [4.78, 5) is 95.2. The third-order valence-electron chi connectivity index (χ3n) is 16.0. The van der Waals surface area contributed by atoms with Crippen LogP contribution in [-0.2, 0) is 19.1 Å². The van der Waals surface area contributed by atoms with Crippen molar-refractivity contribution in [3.63, 3.8) is 0 Å². The van der Waals surface area contributed by atoms with Crippen molar-refractivity contribution < 1.29 is 52.1 Å². The number of phenols is 1. The smallest absolute Gasteiger partial charge is 0.407 e. The Kier molecular flexibility index (Phi) is 14.3. The summed E-state index contributed by atoms with van der Waals surface area (Å²) in [6.07, 6.45) is 14.9. The van der Waals surface area contributed by atoms with E-state index in [1.807, 2.05) is 0 Å². The Morgan fingerprint density at radius 1 is 0.936 bits per heavy atom. The van der Waals surface area contributed by atoms with Gasteiger partial charge in [0.25, 0.3) is 11.8 Å². The van der Waals surface area contributed by atoms with E-state index in [0.29, 0.717) is 67.7 Å². The molecule has 5 N–H and O–H groups in total. The van der Waals surface area contributed by atoms with Gasteiger partial charge in [0.15, 0.2) is 5.82 Å². The second kappa shape index (κ2) is 21.4. The van der Waals surface area contributed by atoms with Crippen LogP contribution in [0.2, 0.25) is 0 Å². The van der Waals surface area contributed by atoms with E-state index in [4.69, 9.17) is 20.9 Å². The second-order valence-electron chi connectivity index (χ2n) is 21.3. The fourth-order valence-electron chi connectivity index (χ4n) is 12.3. The van der Waals surface area contributed by atoms with Crippen LogP contribution in [0.5, 0.6) is 11.8 Å². The van der Waals surface area contributed by atoms with Crippen molar-refractivity contribution in [2.45, 2.75) is 113 Å². The number of anilines is 2. The number of carbonyl (C=O) groups excluding carboxylic acids is 6. The monoisotopic (exact) mass is 1060 g/mol. The first-order valence-electron chi connectivity index (χ1n) is 26.6. The largest absolute Gasteiger partial charge is 0.508 e. The molecule has 78 heavy (non-hydrogen) atoms. The molecule has 3 aromatic carbocycles. The number of pyridine rings is 1. The van der Waals surface area contributed by atoms with Gasteiger partial charge in [0.2, 0.25) is 17.7 Å². The minimum Gasteiger partial charge on any atom is -0.508 e. The normalized spacial score (nSPS) is 22.7. The number of hydrogen-bond acceptors (Lipinski definition) is 15. The summed E-state index contributed by atoms with van der Waals surface area (Å²) >= 11 is 0. The highest BCUT2D eigenvalue weighted by Crippen LogP contribution is 2.45. The van der Waals surface area contributed by atoms with Crippen LogP contribution in [0.1, 0.15) is 110 Å². The quantitative estimate of drug-likeness (QED) is 0.0293. The van der Waals surface area contributed by atoms with Gasteiger partial charge in [0, 0.05) is 80.0 Å². The number of halogens is 2. The Labute approximate surface area is 447 Å². The molecule has 11 rings (SSSR count). The lowest BCUT2D eigenvalue weighted by atomic mass is 9.94. The minimum absolute atomic E-state index is 0.0177. The third-order valence-corrected chi connectivity index (χ3v) is 16.0. The molecule has 6 aliphatic heterocycles. The van der Waals surface area contributed by atoms with E-state index in [0.717, 1.165) is 55.4 Å². The Morgan fingerprint density at radius 2 is 1.72 bits per heavy atom. The first-order valence-corrected chi connectivity index (χ1v) is 26.6. The van der Waals surface area contributed by atoms with Crippen LogP contribution in [0.15, 0.2) is 60.8 Å². The number of nitrogens with zero attached hydrogens (tertiary/aromatic N) is 6. The molecule has 8 heterocycles. The number of aromatic hydroxyl groups is 1. The van der Waals surface area contributed by atoms with E-state index in [9.17, 15) is 33.9 Å². The lowest BCUT2D eigenvalue weighted by Crippen LogP contribution is -2.54. The number of benzene rings is 3. The highest BCUT2D eigenvalue weighted by atomic mass is 19.1. The molecule has 5 saturated heterocycles. The van der Waals surface area contributed by atoms with Crippen molar-refractivity contribution in [1.29, 1.82) is 0 Å². The summed E-state index contributed by atoms with van der Waals surface area (Å²) in [5.41, 5.74) is 0.887. The number of nitrogens with one attached hydrogen (secondary N) is 4. The average molecular weight is 1070 g/mol. The van der Waals surface area contributed by atoms with Crippen LogP contribution < -0.4 is 30.9 Å². The molecule has 5 aromatic rings. The maximum absolute atomic E-state index is 17.2. The van der Waals surface area contributed by atoms with Gasteiger partial charge in [-0.15, -0.1) is 6.42 Å². The van der Waals surface area contributed by atoms with Crippen LogP contribution in [0.3, 0.4) is 0 Å². The number of carbonyl (C=O) groups is 6. The zero-order valence-corrected chi connectivity index (χ0v) is 42.8. The number of unbranched alkanes of at least 4 members (excludes halogenated alkanes) is 4. The number of aromatic nitrogens is 3. The number of terminal acetylenes is 1. The van der Waals surface area contributed by atoms with Crippen molar-refractivity contribution in [3.8, 4) is 35.4 Å². The Balaban J connectivity index is 0.664. The van der Waals surface area contributed by atoms with E-state index in [1.165, 1.54) is 48.7 Å². The van der Waals surface area contributed by atoms with Crippen molar-refractivity contribution in [2.75, 3.05) is 49.6 Å². The zero-order chi connectivity index (χ0) is 54.4. The number of rotatable bonds is 17. The average Bonchev–Trinajstić information content (AvgIpc) is 4.29. The predicted molar refractivity (Wildman–Crippen MR) is 282 cm³/mol. The summed E-state index contributed by atoms with van der Waals surface area (Å²) in [5, 5.41) is 23.2. The first-order chi connectivity index (χ1) is 37.7. The minimum atomic E-state index is -1.08. The lowest BCUT2D eigenvalue weighted by molar-refractivity contribution is -0.136. The Bertz CT molecular complexity index is 3370. The molecule has 5 fully saturated rings. The number of piperidine rings is 1. The van der Waals surface area contributed by atoms with Crippen molar-refractivity contribution in [2.24, 2.45) is 0 Å². The fourth-order valence-corrected chi connectivity index (χ4v) is 12.3. The SMILES string of the molecule is C#Cc1c(F)ccc2cc(O)cc(-c3ncc4c(N5CC6CCC(C5)N6)nc(OCC56CCC(COC(=O)NCCCCCCCC(=O)Nc7ccc8c(c7)C(=O)N(C7CCC(=O)NC7=O)C8=O)N5CC(=C)C6)nc4c3F)c12. The molecule has 0 saturated carbocycles. The van der Waals surface area contributed by atoms with Crippen molar-refractivity contribution >= 4 is 68.8 Å². The number of alkyl carbamates (subject to hydrolysis) is 1. The molecule has 5 unspecified atom stereocenters. The predicted octanol–water partition coefficient (Wildman–Crippen LogP) is 6.40. The van der Waals surface area contributed by atoms with Gasteiger partial charge in [-0.3, -0.25) is 44.1 Å². The number of fused-ring (bicyclic) bond motifs is 6. The number of ether oxygens (including phenoxy) is 2. The molecule has 2 aromatic heterocycles. The summed E-state index contributed by atoms with van der Waals surface area (Å²) in [6.45, 7) is 6.89. The fraction of sp³-hybridized carbons (Fsp3) is 0.421. The van der Waals surface area contributed by atoms with Gasteiger partial charge in [0.1, 0.15) is 47.9 Å². The second-order valence-corrected chi connectivity index (χ2v) is 21.3. The number of phenolic OH excluding ortho intramolecular Hbond substituents is 1. The van der Waals surface area contributed by atoms with Crippen LogP contribution in [-0.4, -0.2) is 135 Å². The van der Waals surface area contributed by atoms with Gasteiger partial charge in [-0.25, -0.2) is 13.6 Å². The zero-order valence-electron chi connectivity index (χ0n) is 42.8. The van der Waals surface area contributed by atoms with Crippen molar-refractivity contribution in [1.82, 2.24) is 40.7 Å². The number of imide groups is 2. The highest BCUT2D eigenvalue weighted by Gasteiger charge is 2.52. The summed E-state index contributed by atoms with van der Waals surface area (Å²) in [7, 11) is 0. The summed E-state index contributed by atoms with van der Waals surface area (Å²) < 4.78 is 44.6. The molecular formula is C57H58F2N10O9. The third kappa shape index (κ3) is 10.1. The van der Waals surface area contributed by atoms with Crippen molar-refractivity contribution in [3.05, 3.63) is 89.1 Å². The first kappa shape index (κ1) is 52.0. The van der Waals surface area contributed by atoms with Gasteiger partial charge in [-0.1, -0.05) is 43.4 Å². The number of hydrogen-bond donors (Lipinski definition) is 5. The highest BCUT2D eigenvalue weighted by molar-refractivity contribution is 6.24. The van der Waals surface area contributed by atoms with Crippen LogP contribution in [0, 0.1) is 24.0 Å². The maximum atomic E-state index is 17.2. The van der Waals surface area contributed by atoms with Gasteiger partial charge in [0.05, 0.1) is 27.6 Å². The molecule has 21 heteroatoms.